The van der Waals surface area contributed by atoms with Crippen LogP contribution in [0.3, 0.4) is 0 Å². The van der Waals surface area contributed by atoms with Crippen molar-refractivity contribution in [3.8, 4) is 0 Å². The lowest BCUT2D eigenvalue weighted by Gasteiger charge is -2.06. The first kappa shape index (κ1) is 8.63. The predicted octanol–water partition coefficient (Wildman–Crippen LogP) is 2.30. The normalized spacial score (nSPS) is 26.1. The average Bonchev–Trinajstić information content (AvgIpc) is 2.78. The third kappa shape index (κ3) is 1.70. The minimum atomic E-state index is -0.790. The Morgan fingerprint density at radius 2 is 2.15 bits per heavy atom. The Morgan fingerprint density at radius 1 is 1.46 bits per heavy atom. The molecule has 13 heavy (non-hydrogen) atoms. The minimum absolute atomic E-state index is 0.269. The van der Waals surface area contributed by atoms with Gasteiger partial charge < -0.3 is 4.74 Å². The SMILES string of the molecule is CC1(Cc2cccc(F)c2F)CO1. The molecule has 0 aliphatic carbocycles. The van der Waals surface area contributed by atoms with Crippen molar-refractivity contribution >= 4 is 0 Å². The summed E-state index contributed by atoms with van der Waals surface area (Å²) in [6.45, 7) is 2.51. The van der Waals surface area contributed by atoms with Crippen LogP contribution in [0.5, 0.6) is 0 Å². The van der Waals surface area contributed by atoms with Gasteiger partial charge in [-0.2, -0.15) is 0 Å². The molecule has 0 radical (unpaired) electrons. The fourth-order valence-electron chi connectivity index (χ4n) is 1.31. The molecule has 1 aliphatic heterocycles. The third-order valence-electron chi connectivity index (χ3n) is 2.23. The zero-order chi connectivity index (χ0) is 9.47. The first-order valence-corrected chi connectivity index (χ1v) is 4.18. The number of hydrogen-bond donors (Lipinski definition) is 0. The van der Waals surface area contributed by atoms with Crippen molar-refractivity contribution in [2.75, 3.05) is 6.61 Å². The highest BCUT2D eigenvalue weighted by Crippen LogP contribution is 2.31. The lowest BCUT2D eigenvalue weighted by atomic mass is 10.0. The standard InChI is InChI=1S/C10H10F2O/c1-10(6-13-10)5-7-3-2-4-8(11)9(7)12/h2-4H,5-6H2,1H3. The number of epoxide rings is 1. The smallest absolute Gasteiger partial charge is 0.162 e. The summed E-state index contributed by atoms with van der Waals surface area (Å²) >= 11 is 0. The van der Waals surface area contributed by atoms with Gasteiger partial charge in [-0.3, -0.25) is 0 Å². The molecule has 0 spiro atoms. The molecule has 1 nitrogen and oxygen atoms in total. The van der Waals surface area contributed by atoms with Crippen LogP contribution in [0.25, 0.3) is 0 Å². The predicted molar refractivity (Wildman–Crippen MR) is 44.4 cm³/mol. The molecule has 0 saturated carbocycles. The molecular formula is C10H10F2O. The van der Waals surface area contributed by atoms with E-state index in [9.17, 15) is 8.78 Å². The fraction of sp³-hybridized carbons (Fsp3) is 0.400. The van der Waals surface area contributed by atoms with Gasteiger partial charge in [-0.15, -0.1) is 0 Å². The highest BCUT2D eigenvalue weighted by Gasteiger charge is 2.39. The van der Waals surface area contributed by atoms with Crippen molar-refractivity contribution in [3.63, 3.8) is 0 Å². The van der Waals surface area contributed by atoms with E-state index in [0.29, 0.717) is 18.6 Å². The van der Waals surface area contributed by atoms with Crippen LogP contribution >= 0.6 is 0 Å². The zero-order valence-electron chi connectivity index (χ0n) is 7.31. The van der Waals surface area contributed by atoms with Gasteiger partial charge in [-0.1, -0.05) is 12.1 Å². The maximum atomic E-state index is 13.1. The summed E-state index contributed by atoms with van der Waals surface area (Å²) in [5, 5.41) is 0. The second kappa shape index (κ2) is 2.77. The molecular weight excluding hydrogens is 174 g/mol. The van der Waals surface area contributed by atoms with Crippen LogP contribution in [-0.2, 0) is 11.2 Å². The van der Waals surface area contributed by atoms with E-state index in [1.807, 2.05) is 6.92 Å². The number of benzene rings is 1. The van der Waals surface area contributed by atoms with Crippen molar-refractivity contribution in [2.24, 2.45) is 0 Å². The average molecular weight is 184 g/mol. The van der Waals surface area contributed by atoms with Gasteiger partial charge in [0.2, 0.25) is 0 Å². The Labute approximate surface area is 75.3 Å². The van der Waals surface area contributed by atoms with E-state index in [2.05, 4.69) is 0 Å². The number of hydrogen-bond acceptors (Lipinski definition) is 1. The Balaban J connectivity index is 2.25. The molecule has 1 fully saturated rings. The maximum absolute atomic E-state index is 13.1. The van der Waals surface area contributed by atoms with E-state index in [0.717, 1.165) is 6.07 Å². The van der Waals surface area contributed by atoms with E-state index >= 15 is 0 Å². The number of ether oxygens (including phenoxy) is 1. The molecule has 1 saturated heterocycles. The largest absolute Gasteiger partial charge is 0.370 e. The van der Waals surface area contributed by atoms with Crippen LogP contribution < -0.4 is 0 Å². The molecule has 0 bridgehead atoms. The van der Waals surface area contributed by atoms with Crippen LogP contribution in [0.1, 0.15) is 12.5 Å². The van der Waals surface area contributed by atoms with Crippen molar-refractivity contribution in [3.05, 3.63) is 35.4 Å². The molecule has 2 rings (SSSR count). The van der Waals surface area contributed by atoms with Gasteiger partial charge in [-0.25, -0.2) is 8.78 Å². The summed E-state index contributed by atoms with van der Waals surface area (Å²) < 4.78 is 31.0. The summed E-state index contributed by atoms with van der Waals surface area (Å²) in [4.78, 5) is 0. The summed E-state index contributed by atoms with van der Waals surface area (Å²) in [7, 11) is 0. The third-order valence-corrected chi connectivity index (χ3v) is 2.23. The quantitative estimate of drug-likeness (QED) is 0.642. The highest BCUT2D eigenvalue weighted by molar-refractivity contribution is 5.21. The summed E-state index contributed by atoms with van der Waals surface area (Å²) in [5.74, 6) is -1.54. The molecule has 1 unspecified atom stereocenters. The van der Waals surface area contributed by atoms with Gasteiger partial charge in [-0.05, 0) is 18.6 Å². The maximum Gasteiger partial charge on any atom is 0.162 e. The molecule has 0 aromatic heterocycles. The van der Waals surface area contributed by atoms with E-state index in [1.165, 1.54) is 6.07 Å². The molecule has 0 N–H and O–H groups in total. The molecule has 70 valence electrons. The minimum Gasteiger partial charge on any atom is -0.370 e. The highest BCUT2D eigenvalue weighted by atomic mass is 19.2. The van der Waals surface area contributed by atoms with E-state index in [4.69, 9.17) is 4.74 Å². The fourth-order valence-corrected chi connectivity index (χ4v) is 1.31. The van der Waals surface area contributed by atoms with Crippen LogP contribution in [0.2, 0.25) is 0 Å². The van der Waals surface area contributed by atoms with Crippen molar-refractivity contribution in [1.82, 2.24) is 0 Å². The van der Waals surface area contributed by atoms with E-state index in [1.54, 1.807) is 6.07 Å². The van der Waals surface area contributed by atoms with Gasteiger partial charge >= 0.3 is 0 Å². The lowest BCUT2D eigenvalue weighted by Crippen LogP contribution is -2.10. The van der Waals surface area contributed by atoms with E-state index in [-0.39, 0.29) is 5.60 Å². The van der Waals surface area contributed by atoms with E-state index < -0.39 is 11.6 Å². The van der Waals surface area contributed by atoms with Crippen LogP contribution in [0.4, 0.5) is 8.78 Å². The molecule has 1 heterocycles. The Morgan fingerprint density at radius 3 is 2.77 bits per heavy atom. The zero-order valence-corrected chi connectivity index (χ0v) is 7.31. The first-order valence-electron chi connectivity index (χ1n) is 4.18. The van der Waals surface area contributed by atoms with Gasteiger partial charge in [0.05, 0.1) is 12.2 Å². The second-order valence-electron chi connectivity index (χ2n) is 3.63. The molecule has 1 aromatic rings. The number of halogens is 2. The monoisotopic (exact) mass is 184 g/mol. The van der Waals surface area contributed by atoms with Crippen LogP contribution in [-0.4, -0.2) is 12.2 Å². The lowest BCUT2D eigenvalue weighted by molar-refractivity contribution is 0.318. The Hall–Kier alpha value is -0.960. The van der Waals surface area contributed by atoms with Crippen LogP contribution in [0.15, 0.2) is 18.2 Å². The molecule has 1 aliphatic rings. The van der Waals surface area contributed by atoms with Crippen molar-refractivity contribution in [1.29, 1.82) is 0 Å². The molecule has 0 amide bonds. The van der Waals surface area contributed by atoms with Gasteiger partial charge in [0.1, 0.15) is 0 Å². The van der Waals surface area contributed by atoms with Crippen molar-refractivity contribution in [2.45, 2.75) is 18.9 Å². The topological polar surface area (TPSA) is 12.5 Å². The van der Waals surface area contributed by atoms with Gasteiger partial charge in [0.15, 0.2) is 11.6 Å². The van der Waals surface area contributed by atoms with Crippen LogP contribution in [0, 0.1) is 11.6 Å². The van der Waals surface area contributed by atoms with Gasteiger partial charge in [0, 0.05) is 6.42 Å². The second-order valence-corrected chi connectivity index (χ2v) is 3.63. The summed E-state index contributed by atoms with van der Waals surface area (Å²) in [5.41, 5.74) is 0.120. The number of rotatable bonds is 2. The van der Waals surface area contributed by atoms with Gasteiger partial charge in [0.25, 0.3) is 0 Å². The van der Waals surface area contributed by atoms with Crippen molar-refractivity contribution < 1.29 is 13.5 Å². The molecule has 1 aromatic carbocycles. The Kier molecular flexibility index (Phi) is 1.84. The molecule has 3 heteroatoms. The Bertz CT molecular complexity index is 332. The summed E-state index contributed by atoms with van der Waals surface area (Å²) in [6.07, 6.45) is 0.441. The molecule has 1 atom stereocenters. The summed E-state index contributed by atoms with van der Waals surface area (Å²) in [6, 6.07) is 4.22. The first-order chi connectivity index (χ1) is 6.11.